The zero-order valence-corrected chi connectivity index (χ0v) is 14.8. The number of benzene rings is 1. The van der Waals surface area contributed by atoms with Crippen LogP contribution in [0.5, 0.6) is 0 Å². The number of carbonyl (C=O) groups excluding carboxylic acids is 1. The highest BCUT2D eigenvalue weighted by molar-refractivity contribution is 7.46. The Labute approximate surface area is 149 Å². The summed E-state index contributed by atoms with van der Waals surface area (Å²) in [6.45, 7) is -0.804. The highest BCUT2D eigenvalue weighted by atomic mass is 31.2. The van der Waals surface area contributed by atoms with Gasteiger partial charge in [-0.3, -0.25) is 9.05 Å². The molecule has 0 amide bonds. The van der Waals surface area contributed by atoms with Crippen LogP contribution in [0.1, 0.15) is 10.4 Å². The van der Waals surface area contributed by atoms with Crippen molar-refractivity contribution in [2.24, 2.45) is 0 Å². The van der Waals surface area contributed by atoms with E-state index in [-0.39, 0.29) is 5.56 Å². The summed E-state index contributed by atoms with van der Waals surface area (Å²) < 4.78 is 41.1. The Morgan fingerprint density at radius 3 is 2.23 bits per heavy atom. The van der Waals surface area contributed by atoms with Gasteiger partial charge in [0.25, 0.3) is 0 Å². The molecule has 0 aliphatic carbocycles. The van der Waals surface area contributed by atoms with E-state index >= 15 is 0 Å². The Morgan fingerprint density at radius 2 is 1.69 bits per heavy atom. The van der Waals surface area contributed by atoms with Crippen molar-refractivity contribution in [3.05, 3.63) is 35.9 Å². The first-order valence-electron chi connectivity index (χ1n) is 7.07. The van der Waals surface area contributed by atoms with Crippen molar-refractivity contribution in [3.63, 3.8) is 0 Å². The van der Waals surface area contributed by atoms with Crippen LogP contribution in [-0.4, -0.2) is 64.3 Å². The van der Waals surface area contributed by atoms with Crippen molar-refractivity contribution < 1.29 is 52.0 Å². The van der Waals surface area contributed by atoms with E-state index in [9.17, 15) is 13.9 Å². The molecule has 0 spiro atoms. The van der Waals surface area contributed by atoms with Gasteiger partial charge in [-0.2, -0.15) is 0 Å². The maximum Gasteiger partial charge on any atom is 0.470 e. The molecule has 1 aromatic rings. The molecule has 2 rings (SSSR count). The molecule has 11 nitrogen and oxygen atoms in total. The molecular formula is C12H15BO11P2. The lowest BCUT2D eigenvalue weighted by Gasteiger charge is -2.24. The summed E-state index contributed by atoms with van der Waals surface area (Å²) in [5, 5.41) is 0. The molecule has 14 heteroatoms. The van der Waals surface area contributed by atoms with Crippen molar-refractivity contribution >= 4 is 29.5 Å². The Morgan fingerprint density at radius 1 is 1.08 bits per heavy atom. The summed E-state index contributed by atoms with van der Waals surface area (Å²) in [6.07, 6.45) is -4.48. The minimum atomic E-state index is -5.07. The molecule has 142 valence electrons. The quantitative estimate of drug-likeness (QED) is 0.265. The molecule has 2 radical (unpaired) electrons. The third kappa shape index (κ3) is 6.28. The highest BCUT2D eigenvalue weighted by Gasteiger charge is 2.49. The minimum absolute atomic E-state index is 0.143. The van der Waals surface area contributed by atoms with E-state index in [4.69, 9.17) is 36.9 Å². The molecule has 1 aliphatic rings. The van der Waals surface area contributed by atoms with Crippen molar-refractivity contribution in [2.45, 2.75) is 24.3 Å². The van der Waals surface area contributed by atoms with Gasteiger partial charge in [0, 0.05) is 0 Å². The summed E-state index contributed by atoms with van der Waals surface area (Å²) >= 11 is 0. The van der Waals surface area contributed by atoms with Gasteiger partial charge in [-0.15, -0.1) is 0 Å². The molecule has 1 saturated heterocycles. The number of rotatable bonds is 7. The average molecular weight is 408 g/mol. The number of ether oxygens (including phenoxy) is 2. The molecule has 26 heavy (non-hydrogen) atoms. The van der Waals surface area contributed by atoms with E-state index in [1.54, 1.807) is 18.2 Å². The van der Waals surface area contributed by atoms with Gasteiger partial charge in [-0.05, 0) is 12.1 Å². The first kappa shape index (κ1) is 21.2. The standard InChI is InChI=1S/C12H15BO11P2/c13-11-10(23-12(14)7-4-2-1-3-5-7)9(24-26(18,19)20)8(22-11)6-21-25(15,16)17/h1-5,8-11H,6H2,(H2,15,16,17)(H2,18,19,20)/t8-,9+,10?,11-/m1/s1. The minimum Gasteiger partial charge on any atom is -0.454 e. The second kappa shape index (κ2) is 8.31. The largest absolute Gasteiger partial charge is 0.470 e. The van der Waals surface area contributed by atoms with Crippen molar-refractivity contribution in [1.82, 2.24) is 0 Å². The number of phosphoric ester groups is 2. The molecule has 1 fully saturated rings. The lowest BCUT2D eigenvalue weighted by molar-refractivity contribution is -0.0170. The molecule has 1 aliphatic heterocycles. The Balaban J connectivity index is 2.17. The van der Waals surface area contributed by atoms with Crippen LogP contribution in [0.2, 0.25) is 0 Å². The third-order valence-electron chi connectivity index (χ3n) is 3.26. The van der Waals surface area contributed by atoms with Crippen LogP contribution in [-0.2, 0) is 27.7 Å². The average Bonchev–Trinajstić information content (AvgIpc) is 2.80. The van der Waals surface area contributed by atoms with Crippen molar-refractivity contribution in [2.75, 3.05) is 6.61 Å². The SMILES string of the molecule is [B][C@@H]1O[C@H](COP(=O)(O)O)[C@H](OP(=O)(O)O)C1OC(=O)c1ccccc1. The summed E-state index contributed by atoms with van der Waals surface area (Å²) in [5.41, 5.74) is 0.143. The molecule has 0 saturated carbocycles. The molecule has 0 bridgehead atoms. The van der Waals surface area contributed by atoms with Gasteiger partial charge in [0.15, 0.2) is 0 Å². The highest BCUT2D eigenvalue weighted by Crippen LogP contribution is 2.44. The molecule has 1 heterocycles. The van der Waals surface area contributed by atoms with E-state index in [0.717, 1.165) is 0 Å². The number of esters is 1. The zero-order chi connectivity index (χ0) is 19.5. The summed E-state index contributed by atoms with van der Waals surface area (Å²) in [7, 11) is -4.30. The van der Waals surface area contributed by atoms with E-state index < -0.39 is 52.5 Å². The molecule has 1 aromatic carbocycles. The van der Waals surface area contributed by atoms with Crippen LogP contribution >= 0.6 is 15.6 Å². The maximum absolute atomic E-state index is 12.1. The molecule has 1 unspecified atom stereocenters. The van der Waals surface area contributed by atoms with E-state index in [1.165, 1.54) is 12.1 Å². The van der Waals surface area contributed by atoms with Crippen LogP contribution in [0.4, 0.5) is 0 Å². The smallest absolute Gasteiger partial charge is 0.454 e. The first-order chi connectivity index (χ1) is 12.0. The third-order valence-corrected chi connectivity index (χ3v) is 4.27. The Bertz CT molecular complexity index is 717. The fourth-order valence-electron chi connectivity index (χ4n) is 2.25. The molecule has 0 aromatic heterocycles. The van der Waals surface area contributed by atoms with Crippen molar-refractivity contribution in [3.8, 4) is 0 Å². The van der Waals surface area contributed by atoms with Gasteiger partial charge < -0.3 is 29.0 Å². The van der Waals surface area contributed by atoms with Crippen LogP contribution in [0.15, 0.2) is 30.3 Å². The van der Waals surface area contributed by atoms with Crippen LogP contribution in [0.3, 0.4) is 0 Å². The van der Waals surface area contributed by atoms with Gasteiger partial charge in [-0.25, -0.2) is 13.9 Å². The fraction of sp³-hybridized carbons (Fsp3) is 0.417. The van der Waals surface area contributed by atoms with Gasteiger partial charge in [0.05, 0.1) is 18.2 Å². The first-order valence-corrected chi connectivity index (χ1v) is 10.1. The van der Waals surface area contributed by atoms with E-state index in [0.29, 0.717) is 0 Å². The summed E-state index contributed by atoms with van der Waals surface area (Å²) in [6, 6.07) is 6.32. The fourth-order valence-corrected chi connectivity index (χ4v) is 3.16. The zero-order valence-electron chi connectivity index (χ0n) is 13.0. The summed E-state index contributed by atoms with van der Waals surface area (Å²) in [5.74, 6) is -0.856. The van der Waals surface area contributed by atoms with Gasteiger partial charge in [0.1, 0.15) is 26.2 Å². The van der Waals surface area contributed by atoms with E-state index in [2.05, 4.69) is 9.05 Å². The number of hydrogen-bond acceptors (Lipinski definition) is 7. The summed E-state index contributed by atoms with van der Waals surface area (Å²) in [4.78, 5) is 47.7. The maximum atomic E-state index is 12.1. The van der Waals surface area contributed by atoms with Crippen molar-refractivity contribution in [1.29, 1.82) is 0 Å². The second-order valence-electron chi connectivity index (χ2n) is 5.22. The second-order valence-corrected chi connectivity index (χ2v) is 7.65. The van der Waals surface area contributed by atoms with Crippen LogP contribution in [0.25, 0.3) is 0 Å². The topological polar surface area (TPSA) is 169 Å². The van der Waals surface area contributed by atoms with Gasteiger partial charge in [-0.1, -0.05) is 18.2 Å². The molecule has 4 N–H and O–H groups in total. The normalized spacial score (nSPS) is 26.6. The number of phosphoric acid groups is 2. The van der Waals surface area contributed by atoms with Crippen LogP contribution < -0.4 is 0 Å². The monoisotopic (exact) mass is 408 g/mol. The van der Waals surface area contributed by atoms with Gasteiger partial charge in [0.2, 0.25) is 0 Å². The Hall–Kier alpha value is -1.07. The Kier molecular flexibility index (Phi) is 6.78. The lowest BCUT2D eigenvalue weighted by Crippen LogP contribution is -2.39. The molecular weight excluding hydrogens is 393 g/mol. The molecule has 4 atom stereocenters. The number of hydrogen-bond donors (Lipinski definition) is 4. The predicted octanol–water partition coefficient (Wildman–Crippen LogP) is -0.307. The van der Waals surface area contributed by atoms with Crippen LogP contribution in [0, 0.1) is 0 Å². The van der Waals surface area contributed by atoms with E-state index in [1.807, 2.05) is 0 Å². The number of carbonyl (C=O) groups is 1. The predicted molar refractivity (Wildman–Crippen MR) is 85.0 cm³/mol. The lowest BCUT2D eigenvalue weighted by atomic mass is 9.93. The van der Waals surface area contributed by atoms with Gasteiger partial charge >= 0.3 is 21.6 Å².